The van der Waals surface area contributed by atoms with Crippen molar-refractivity contribution in [1.29, 1.82) is 0 Å². The average molecular weight is 236 g/mol. The molecule has 0 aliphatic heterocycles. The van der Waals surface area contributed by atoms with Crippen molar-refractivity contribution in [2.45, 2.75) is 32.7 Å². The summed E-state index contributed by atoms with van der Waals surface area (Å²) in [5, 5.41) is 1.57. The van der Waals surface area contributed by atoms with Crippen molar-refractivity contribution in [3.05, 3.63) is 23.2 Å². The third-order valence-electron chi connectivity index (χ3n) is 3.49. The fourth-order valence-corrected chi connectivity index (χ4v) is 2.87. The summed E-state index contributed by atoms with van der Waals surface area (Å²) in [6.07, 6.45) is 6.18. The van der Waals surface area contributed by atoms with Crippen molar-refractivity contribution in [3.63, 3.8) is 0 Å². The maximum atomic E-state index is 6.11. The zero-order valence-electron chi connectivity index (χ0n) is 9.44. The molecule has 1 saturated carbocycles. The molecular weight excluding hydrogens is 222 g/mol. The molecule has 84 valence electrons. The average Bonchev–Trinajstić information content (AvgIpc) is 2.53. The molecule has 2 aromatic rings. The number of aromatic nitrogens is 3. The van der Waals surface area contributed by atoms with Gasteiger partial charge >= 0.3 is 0 Å². The Labute approximate surface area is 99.5 Å². The molecule has 0 spiro atoms. The second-order valence-electron chi connectivity index (χ2n) is 4.81. The normalized spacial score (nSPS) is 24.7. The van der Waals surface area contributed by atoms with Gasteiger partial charge in [0.15, 0.2) is 0 Å². The minimum atomic E-state index is 0.564. The van der Waals surface area contributed by atoms with E-state index in [0.717, 1.165) is 17.0 Å². The van der Waals surface area contributed by atoms with Crippen LogP contribution in [0.25, 0.3) is 11.0 Å². The highest BCUT2D eigenvalue weighted by atomic mass is 35.5. The standard InChI is InChI=1S/C12H14ClN3/c1-7-3-9(4-7)16-5-8(2)10-11(13)14-6-15-12(10)16/h5-7,9H,3-4H2,1-2H3. The van der Waals surface area contributed by atoms with Gasteiger partial charge in [-0.05, 0) is 31.2 Å². The van der Waals surface area contributed by atoms with E-state index >= 15 is 0 Å². The third-order valence-corrected chi connectivity index (χ3v) is 3.78. The quantitative estimate of drug-likeness (QED) is 0.710. The second kappa shape index (κ2) is 3.45. The van der Waals surface area contributed by atoms with Crippen LogP contribution in [0, 0.1) is 12.8 Å². The van der Waals surface area contributed by atoms with E-state index in [1.807, 2.05) is 0 Å². The van der Waals surface area contributed by atoms with Gasteiger partial charge in [-0.15, -0.1) is 0 Å². The van der Waals surface area contributed by atoms with E-state index < -0.39 is 0 Å². The Hall–Kier alpha value is -1.09. The summed E-state index contributed by atoms with van der Waals surface area (Å²) in [7, 11) is 0. The molecular formula is C12H14ClN3. The lowest BCUT2D eigenvalue weighted by atomic mass is 9.82. The fraction of sp³-hybridized carbons (Fsp3) is 0.500. The van der Waals surface area contributed by atoms with Crippen LogP contribution in [0.4, 0.5) is 0 Å². The van der Waals surface area contributed by atoms with Crippen molar-refractivity contribution >= 4 is 22.6 Å². The number of rotatable bonds is 1. The van der Waals surface area contributed by atoms with Crippen molar-refractivity contribution < 1.29 is 0 Å². The van der Waals surface area contributed by atoms with Crippen LogP contribution in [0.1, 0.15) is 31.4 Å². The largest absolute Gasteiger partial charge is 0.329 e. The van der Waals surface area contributed by atoms with Gasteiger partial charge in [-0.25, -0.2) is 9.97 Å². The lowest BCUT2D eigenvalue weighted by Gasteiger charge is -2.34. The van der Waals surface area contributed by atoms with E-state index in [1.165, 1.54) is 18.4 Å². The number of hydrogen-bond donors (Lipinski definition) is 0. The van der Waals surface area contributed by atoms with Gasteiger partial charge in [-0.2, -0.15) is 0 Å². The Morgan fingerprint density at radius 3 is 2.81 bits per heavy atom. The van der Waals surface area contributed by atoms with Crippen LogP contribution in [0.15, 0.2) is 12.5 Å². The molecule has 1 fully saturated rings. The number of hydrogen-bond acceptors (Lipinski definition) is 2. The van der Waals surface area contributed by atoms with Gasteiger partial charge in [-0.3, -0.25) is 0 Å². The van der Waals surface area contributed by atoms with E-state index in [9.17, 15) is 0 Å². The minimum Gasteiger partial charge on any atom is -0.329 e. The van der Waals surface area contributed by atoms with Crippen molar-refractivity contribution in [1.82, 2.24) is 14.5 Å². The van der Waals surface area contributed by atoms with Crippen LogP contribution in [-0.4, -0.2) is 14.5 Å². The molecule has 0 atom stereocenters. The van der Waals surface area contributed by atoms with Gasteiger partial charge in [0, 0.05) is 12.2 Å². The molecule has 0 amide bonds. The molecule has 0 radical (unpaired) electrons. The Morgan fingerprint density at radius 2 is 2.12 bits per heavy atom. The predicted molar refractivity (Wildman–Crippen MR) is 64.7 cm³/mol. The summed E-state index contributed by atoms with van der Waals surface area (Å²) < 4.78 is 2.26. The van der Waals surface area contributed by atoms with Gasteiger partial charge in [0.2, 0.25) is 0 Å². The maximum Gasteiger partial charge on any atom is 0.145 e. The minimum absolute atomic E-state index is 0.564. The highest BCUT2D eigenvalue weighted by Gasteiger charge is 2.28. The lowest BCUT2D eigenvalue weighted by Crippen LogP contribution is -2.24. The summed E-state index contributed by atoms with van der Waals surface area (Å²) in [6, 6.07) is 0.595. The Kier molecular flexibility index (Phi) is 2.18. The third kappa shape index (κ3) is 1.34. The molecule has 16 heavy (non-hydrogen) atoms. The second-order valence-corrected chi connectivity index (χ2v) is 5.17. The summed E-state index contributed by atoms with van der Waals surface area (Å²) >= 11 is 6.11. The number of fused-ring (bicyclic) bond motifs is 1. The van der Waals surface area contributed by atoms with Crippen LogP contribution in [-0.2, 0) is 0 Å². The molecule has 3 rings (SSSR count). The summed E-state index contributed by atoms with van der Waals surface area (Å²) in [6.45, 7) is 4.35. The van der Waals surface area contributed by atoms with Crippen LogP contribution in [0.5, 0.6) is 0 Å². The fourth-order valence-electron chi connectivity index (χ4n) is 2.59. The van der Waals surface area contributed by atoms with Gasteiger partial charge < -0.3 is 4.57 Å². The first-order valence-corrected chi connectivity index (χ1v) is 6.02. The van der Waals surface area contributed by atoms with E-state index in [2.05, 4.69) is 34.6 Å². The van der Waals surface area contributed by atoms with Crippen molar-refractivity contribution in [2.75, 3.05) is 0 Å². The molecule has 0 N–H and O–H groups in total. The van der Waals surface area contributed by atoms with Crippen LogP contribution >= 0.6 is 11.6 Å². The molecule has 0 bridgehead atoms. The molecule has 4 heteroatoms. The van der Waals surface area contributed by atoms with Gasteiger partial charge in [0.05, 0.1) is 5.39 Å². The van der Waals surface area contributed by atoms with Gasteiger partial charge in [-0.1, -0.05) is 18.5 Å². The zero-order valence-corrected chi connectivity index (χ0v) is 10.2. The Morgan fingerprint density at radius 1 is 1.38 bits per heavy atom. The highest BCUT2D eigenvalue weighted by molar-refractivity contribution is 6.34. The van der Waals surface area contributed by atoms with Gasteiger partial charge in [0.25, 0.3) is 0 Å². The number of nitrogens with zero attached hydrogens (tertiary/aromatic N) is 3. The molecule has 0 saturated heterocycles. The Balaban J connectivity index is 2.16. The molecule has 2 aromatic heterocycles. The van der Waals surface area contributed by atoms with E-state index in [1.54, 1.807) is 6.33 Å². The Bertz CT molecular complexity index is 540. The van der Waals surface area contributed by atoms with E-state index in [4.69, 9.17) is 11.6 Å². The molecule has 3 nitrogen and oxygen atoms in total. The topological polar surface area (TPSA) is 30.7 Å². The van der Waals surface area contributed by atoms with Crippen LogP contribution in [0.3, 0.4) is 0 Å². The SMILES string of the molecule is Cc1cn(C2CC(C)C2)c2ncnc(Cl)c12. The lowest BCUT2D eigenvalue weighted by molar-refractivity contribution is 0.220. The van der Waals surface area contributed by atoms with Crippen LogP contribution < -0.4 is 0 Å². The smallest absolute Gasteiger partial charge is 0.145 e. The molecule has 0 aromatic carbocycles. The van der Waals surface area contributed by atoms with Crippen LogP contribution in [0.2, 0.25) is 5.15 Å². The molecule has 1 aliphatic rings. The monoisotopic (exact) mass is 235 g/mol. The summed E-state index contributed by atoms with van der Waals surface area (Å²) in [5.74, 6) is 0.833. The summed E-state index contributed by atoms with van der Waals surface area (Å²) in [5.41, 5.74) is 2.15. The van der Waals surface area contributed by atoms with Crippen molar-refractivity contribution in [3.8, 4) is 0 Å². The zero-order chi connectivity index (χ0) is 11.3. The highest BCUT2D eigenvalue weighted by Crippen LogP contribution is 2.40. The number of halogens is 1. The van der Waals surface area contributed by atoms with E-state index in [0.29, 0.717) is 11.2 Å². The molecule has 1 aliphatic carbocycles. The van der Waals surface area contributed by atoms with Gasteiger partial charge in [0.1, 0.15) is 17.1 Å². The summed E-state index contributed by atoms with van der Waals surface area (Å²) in [4.78, 5) is 8.40. The molecule has 2 heterocycles. The predicted octanol–water partition coefficient (Wildman–Crippen LogP) is 3.36. The first-order valence-electron chi connectivity index (χ1n) is 5.64. The first-order chi connectivity index (χ1) is 7.66. The van der Waals surface area contributed by atoms with Crippen molar-refractivity contribution in [2.24, 2.45) is 5.92 Å². The molecule has 0 unspecified atom stereocenters. The first kappa shape index (κ1) is 10.1. The maximum absolute atomic E-state index is 6.11. The number of aryl methyl sites for hydroxylation is 1. The van der Waals surface area contributed by atoms with E-state index in [-0.39, 0.29) is 0 Å².